The van der Waals surface area contributed by atoms with Crippen LogP contribution in [-0.4, -0.2) is 87.6 Å². The molecule has 0 bridgehead atoms. The number of hydrogen-bond donors (Lipinski definition) is 1. The van der Waals surface area contributed by atoms with Crippen LogP contribution in [0.1, 0.15) is 49.9 Å². The maximum Gasteiger partial charge on any atom is 0.408 e. The molecule has 238 valence electrons. The van der Waals surface area contributed by atoms with Crippen LogP contribution in [0.2, 0.25) is 0 Å². The number of allylic oxidation sites excluding steroid dienone is 1. The van der Waals surface area contributed by atoms with Gasteiger partial charge in [0.2, 0.25) is 0 Å². The van der Waals surface area contributed by atoms with Crippen LogP contribution in [0.5, 0.6) is 5.75 Å². The smallest absolute Gasteiger partial charge is 0.408 e. The van der Waals surface area contributed by atoms with Crippen molar-refractivity contribution in [2.45, 2.75) is 63.1 Å². The van der Waals surface area contributed by atoms with Crippen LogP contribution >= 0.6 is 11.8 Å². The third kappa shape index (κ3) is 9.60. The number of benzene rings is 1. The number of carbonyl (C=O) groups excluding carboxylic acids is 1. The third-order valence-corrected chi connectivity index (χ3v) is 9.29. The molecule has 0 spiro atoms. The summed E-state index contributed by atoms with van der Waals surface area (Å²) in [5, 5.41) is 4.19. The minimum absolute atomic E-state index is 0.0336. The van der Waals surface area contributed by atoms with Gasteiger partial charge in [-0.15, -0.1) is 0 Å². The number of ether oxygens (including phenoxy) is 2. The first-order valence-corrected chi connectivity index (χ1v) is 16.7. The molecule has 1 aliphatic heterocycles. The highest BCUT2D eigenvalue weighted by Gasteiger charge is 2.19. The van der Waals surface area contributed by atoms with Crippen molar-refractivity contribution in [1.29, 1.82) is 0 Å². The second-order valence-corrected chi connectivity index (χ2v) is 12.8. The van der Waals surface area contributed by atoms with E-state index in [4.69, 9.17) is 14.5 Å². The Labute approximate surface area is 271 Å². The number of rotatable bonds is 11. The first-order chi connectivity index (χ1) is 22.0. The van der Waals surface area contributed by atoms with E-state index in [1.807, 2.05) is 49.6 Å². The van der Waals surface area contributed by atoms with Gasteiger partial charge in [-0.25, -0.2) is 9.78 Å². The molecule has 1 N–H and O–H groups in total. The largest absolute Gasteiger partial charge is 0.487 e. The highest BCUT2D eigenvalue weighted by molar-refractivity contribution is 7.99. The lowest BCUT2D eigenvalue weighted by molar-refractivity contribution is 0.108. The SMILES string of the molecule is Cc1cc(OCc2cnc(SC3C=CCCC3)n2-c2cccnc2)ccc1C#CCOC(=O)NCCN1CCN(C(C)C)CC1. The van der Waals surface area contributed by atoms with E-state index in [-0.39, 0.29) is 6.61 Å². The van der Waals surface area contributed by atoms with Crippen molar-refractivity contribution in [3.63, 3.8) is 0 Å². The monoisotopic (exact) mass is 628 g/mol. The number of nitrogens with one attached hydrogen (secondary N) is 1. The van der Waals surface area contributed by atoms with E-state index in [2.05, 4.69) is 62.5 Å². The van der Waals surface area contributed by atoms with E-state index in [1.54, 1.807) is 18.0 Å². The number of aromatic nitrogens is 3. The van der Waals surface area contributed by atoms with Crippen molar-refractivity contribution >= 4 is 17.9 Å². The number of alkyl carbamates (subject to hydrolysis) is 1. The molecule has 1 fully saturated rings. The Balaban J connectivity index is 1.09. The Morgan fingerprint density at radius 1 is 1.18 bits per heavy atom. The van der Waals surface area contributed by atoms with Gasteiger partial charge in [-0.1, -0.05) is 35.8 Å². The van der Waals surface area contributed by atoms with Crippen molar-refractivity contribution in [3.8, 4) is 23.3 Å². The lowest BCUT2D eigenvalue weighted by atomic mass is 10.1. The van der Waals surface area contributed by atoms with Gasteiger partial charge in [0.25, 0.3) is 0 Å². The number of hydrogen-bond acceptors (Lipinski definition) is 8. The number of pyridine rings is 1. The maximum absolute atomic E-state index is 12.1. The molecule has 1 aromatic carbocycles. The topological polar surface area (TPSA) is 84.8 Å². The summed E-state index contributed by atoms with van der Waals surface area (Å²) in [5.74, 6) is 6.82. The molecule has 5 rings (SSSR count). The summed E-state index contributed by atoms with van der Waals surface area (Å²) in [5.41, 5.74) is 3.78. The number of imidazole rings is 1. The summed E-state index contributed by atoms with van der Waals surface area (Å²) in [4.78, 5) is 26.0. The fourth-order valence-corrected chi connectivity index (χ4v) is 6.64. The van der Waals surface area contributed by atoms with E-state index in [9.17, 15) is 4.79 Å². The number of piperazine rings is 1. The van der Waals surface area contributed by atoms with Gasteiger partial charge in [-0.2, -0.15) is 0 Å². The highest BCUT2D eigenvalue weighted by Crippen LogP contribution is 2.32. The molecule has 10 heteroatoms. The van der Waals surface area contributed by atoms with E-state index in [0.717, 1.165) is 79.0 Å². The maximum atomic E-state index is 12.1. The molecule has 1 aliphatic carbocycles. The summed E-state index contributed by atoms with van der Waals surface area (Å²) >= 11 is 1.78. The molecule has 1 saturated heterocycles. The van der Waals surface area contributed by atoms with Crippen molar-refractivity contribution in [3.05, 3.63) is 77.9 Å². The number of thioether (sulfide) groups is 1. The van der Waals surface area contributed by atoms with E-state index in [1.165, 1.54) is 6.42 Å². The Kier molecular flexibility index (Phi) is 12.0. The zero-order valence-corrected chi connectivity index (χ0v) is 27.4. The minimum atomic E-state index is -0.437. The lowest BCUT2D eigenvalue weighted by Crippen LogP contribution is -2.50. The standard InChI is InChI=1S/C35H44N6O3S/c1-27(2)40-20-18-39(19-21-40)17-16-37-35(42)43-22-8-9-29-13-14-32(23-28(29)3)44-26-31-25-38-34(45-33-11-5-4-6-12-33)41(31)30-10-7-15-36-24-30/h5,7,10-11,13-15,23-25,27,33H,4,6,12,16-22,26H2,1-3H3,(H,37,42). The summed E-state index contributed by atoms with van der Waals surface area (Å²) in [6, 6.07) is 10.4. The first kappa shape index (κ1) is 32.6. The molecular formula is C35H44N6O3S. The van der Waals surface area contributed by atoms with Crippen molar-refractivity contribution in [2.75, 3.05) is 45.9 Å². The van der Waals surface area contributed by atoms with Gasteiger partial charge in [-0.05, 0) is 75.9 Å². The predicted octanol–water partition coefficient (Wildman–Crippen LogP) is 5.46. The van der Waals surface area contributed by atoms with Gasteiger partial charge in [0.05, 0.1) is 23.8 Å². The molecule has 3 heterocycles. The number of carbonyl (C=O) groups is 1. The summed E-state index contributed by atoms with van der Waals surface area (Å²) in [6.45, 7) is 12.4. The molecule has 1 amide bonds. The average molecular weight is 629 g/mol. The number of amides is 1. The molecular weight excluding hydrogens is 584 g/mol. The van der Waals surface area contributed by atoms with E-state index in [0.29, 0.717) is 24.4 Å². The molecule has 0 saturated carbocycles. The molecule has 0 radical (unpaired) electrons. The van der Waals surface area contributed by atoms with Gasteiger partial charge in [0.15, 0.2) is 11.8 Å². The zero-order valence-electron chi connectivity index (χ0n) is 26.6. The van der Waals surface area contributed by atoms with Crippen LogP contribution in [0.25, 0.3) is 5.69 Å². The van der Waals surface area contributed by atoms with Crippen LogP contribution in [0.4, 0.5) is 4.79 Å². The molecule has 3 aromatic rings. The summed E-state index contributed by atoms with van der Waals surface area (Å²) in [6.07, 6.45) is 13.1. The van der Waals surface area contributed by atoms with Crippen LogP contribution in [0, 0.1) is 18.8 Å². The Hall–Kier alpha value is -3.78. The Bertz CT molecular complexity index is 1490. The van der Waals surface area contributed by atoms with Gasteiger partial charge in [0.1, 0.15) is 12.4 Å². The molecule has 1 atom stereocenters. The summed E-state index contributed by atoms with van der Waals surface area (Å²) < 4.78 is 13.6. The highest BCUT2D eigenvalue weighted by atomic mass is 32.2. The fraction of sp³-hybridized carbons (Fsp3) is 0.457. The third-order valence-electron chi connectivity index (χ3n) is 8.09. The van der Waals surface area contributed by atoms with E-state index >= 15 is 0 Å². The average Bonchev–Trinajstić information content (AvgIpc) is 3.46. The second kappa shape index (κ2) is 16.5. The number of aryl methyl sites for hydroxylation is 1. The minimum Gasteiger partial charge on any atom is -0.487 e. The lowest BCUT2D eigenvalue weighted by Gasteiger charge is -2.36. The second-order valence-electron chi connectivity index (χ2n) is 11.6. The van der Waals surface area contributed by atoms with E-state index < -0.39 is 6.09 Å². The van der Waals surface area contributed by atoms with Crippen LogP contribution < -0.4 is 10.1 Å². The Morgan fingerprint density at radius 3 is 2.78 bits per heavy atom. The normalized spacial score (nSPS) is 17.1. The molecule has 9 nitrogen and oxygen atoms in total. The molecule has 1 unspecified atom stereocenters. The van der Waals surface area contributed by atoms with Crippen molar-refractivity contribution < 1.29 is 14.3 Å². The molecule has 2 aromatic heterocycles. The van der Waals surface area contributed by atoms with Gasteiger partial charge >= 0.3 is 6.09 Å². The fourth-order valence-electron chi connectivity index (χ4n) is 5.46. The molecule has 45 heavy (non-hydrogen) atoms. The van der Waals surface area contributed by atoms with Crippen molar-refractivity contribution in [1.82, 2.24) is 29.7 Å². The van der Waals surface area contributed by atoms with Crippen molar-refractivity contribution in [2.24, 2.45) is 0 Å². The van der Waals surface area contributed by atoms with Gasteiger partial charge in [-0.3, -0.25) is 19.4 Å². The summed E-state index contributed by atoms with van der Waals surface area (Å²) in [7, 11) is 0. The number of nitrogens with zero attached hydrogens (tertiary/aromatic N) is 5. The Morgan fingerprint density at radius 2 is 2.04 bits per heavy atom. The molecule has 2 aliphatic rings. The predicted molar refractivity (Wildman–Crippen MR) is 179 cm³/mol. The van der Waals surface area contributed by atoms with Crippen LogP contribution in [0.3, 0.4) is 0 Å². The first-order valence-electron chi connectivity index (χ1n) is 15.9. The quantitative estimate of drug-likeness (QED) is 0.222. The van der Waals surface area contributed by atoms with Crippen LogP contribution in [0.15, 0.2) is 66.2 Å². The zero-order chi connectivity index (χ0) is 31.4. The van der Waals surface area contributed by atoms with Gasteiger partial charge < -0.3 is 14.8 Å². The van der Waals surface area contributed by atoms with Crippen LogP contribution in [-0.2, 0) is 11.3 Å². The van der Waals surface area contributed by atoms with Gasteiger partial charge in [0, 0.05) is 62.3 Å².